The molecule has 122 valence electrons. The summed E-state index contributed by atoms with van der Waals surface area (Å²) in [5.41, 5.74) is 7.78. The maximum Gasteiger partial charge on any atom is 0.241 e. The number of carbonyl (C=O) groups is 1. The third-order valence-corrected chi connectivity index (χ3v) is 4.62. The van der Waals surface area contributed by atoms with Crippen LogP contribution in [-0.2, 0) is 16.1 Å². The minimum atomic E-state index is -0.446. The second-order valence-corrected chi connectivity index (χ2v) is 6.78. The lowest BCUT2D eigenvalue weighted by molar-refractivity contribution is -0.117. The van der Waals surface area contributed by atoms with E-state index in [-0.39, 0.29) is 5.91 Å². The summed E-state index contributed by atoms with van der Waals surface area (Å²) >= 11 is 1.70. The van der Waals surface area contributed by atoms with Crippen LogP contribution in [0.25, 0.3) is 0 Å². The minimum Gasteiger partial charge on any atom is -0.374 e. The zero-order valence-corrected chi connectivity index (χ0v) is 14.0. The van der Waals surface area contributed by atoms with E-state index in [2.05, 4.69) is 5.32 Å². The number of benzene rings is 1. The fourth-order valence-electron chi connectivity index (χ4n) is 2.56. The molecule has 4 nitrogen and oxygen atoms in total. The third kappa shape index (κ3) is 5.63. The summed E-state index contributed by atoms with van der Waals surface area (Å²) in [4.78, 5) is 11.9. The molecule has 0 aromatic heterocycles. The Balaban J connectivity index is 1.77. The Hall–Kier alpha value is -1.04. The van der Waals surface area contributed by atoms with Gasteiger partial charge in [0.15, 0.2) is 0 Å². The first-order valence-electron chi connectivity index (χ1n) is 7.95. The number of carbonyl (C=O) groups excluding carboxylic acids is 1. The SMILES string of the molecule is CSCC[C@H](N)C(=O)Nc1ccc(COC2CCCC2)cc1. The average molecular weight is 322 g/mol. The van der Waals surface area contributed by atoms with Crippen molar-refractivity contribution < 1.29 is 9.53 Å². The molecule has 1 atom stereocenters. The van der Waals surface area contributed by atoms with E-state index in [4.69, 9.17) is 10.5 Å². The van der Waals surface area contributed by atoms with Crippen LogP contribution in [-0.4, -0.2) is 30.1 Å². The highest BCUT2D eigenvalue weighted by Crippen LogP contribution is 2.22. The Morgan fingerprint density at radius 2 is 2.05 bits per heavy atom. The average Bonchev–Trinajstić information content (AvgIpc) is 3.05. The Morgan fingerprint density at radius 1 is 1.36 bits per heavy atom. The largest absolute Gasteiger partial charge is 0.374 e. The van der Waals surface area contributed by atoms with Gasteiger partial charge in [0.05, 0.1) is 18.8 Å². The zero-order chi connectivity index (χ0) is 15.8. The van der Waals surface area contributed by atoms with Crippen molar-refractivity contribution in [2.24, 2.45) is 5.73 Å². The molecule has 0 saturated heterocycles. The van der Waals surface area contributed by atoms with E-state index in [1.54, 1.807) is 11.8 Å². The van der Waals surface area contributed by atoms with Gasteiger partial charge in [0, 0.05) is 5.69 Å². The summed E-state index contributed by atoms with van der Waals surface area (Å²) in [6.45, 7) is 0.645. The van der Waals surface area contributed by atoms with Crippen LogP contribution in [0.2, 0.25) is 0 Å². The van der Waals surface area contributed by atoms with Crippen LogP contribution in [0.4, 0.5) is 5.69 Å². The van der Waals surface area contributed by atoms with Crippen LogP contribution >= 0.6 is 11.8 Å². The topological polar surface area (TPSA) is 64.4 Å². The molecule has 0 heterocycles. The molecule has 3 N–H and O–H groups in total. The molecule has 1 amide bonds. The van der Waals surface area contributed by atoms with Crippen molar-refractivity contribution in [2.75, 3.05) is 17.3 Å². The molecule has 2 rings (SSSR count). The first-order valence-corrected chi connectivity index (χ1v) is 9.34. The monoisotopic (exact) mass is 322 g/mol. The van der Waals surface area contributed by atoms with E-state index in [9.17, 15) is 4.79 Å². The number of rotatable bonds is 8. The van der Waals surface area contributed by atoms with Crippen molar-refractivity contribution in [3.8, 4) is 0 Å². The highest BCUT2D eigenvalue weighted by atomic mass is 32.2. The molecule has 1 aliphatic carbocycles. The van der Waals surface area contributed by atoms with Crippen molar-refractivity contribution in [1.82, 2.24) is 0 Å². The molecule has 0 unspecified atom stereocenters. The molecule has 1 aromatic rings. The van der Waals surface area contributed by atoms with Crippen LogP contribution in [0, 0.1) is 0 Å². The summed E-state index contributed by atoms with van der Waals surface area (Å²) in [6.07, 6.45) is 8.06. The lowest BCUT2D eigenvalue weighted by Gasteiger charge is -2.13. The molecule has 0 spiro atoms. The minimum absolute atomic E-state index is 0.121. The Morgan fingerprint density at radius 3 is 2.68 bits per heavy atom. The quantitative estimate of drug-likeness (QED) is 0.771. The first-order chi connectivity index (χ1) is 10.7. The van der Waals surface area contributed by atoms with Gasteiger partial charge in [-0.25, -0.2) is 0 Å². The van der Waals surface area contributed by atoms with E-state index >= 15 is 0 Å². The Bertz CT molecular complexity index is 458. The van der Waals surface area contributed by atoms with Crippen molar-refractivity contribution in [2.45, 2.75) is 50.9 Å². The molecular weight excluding hydrogens is 296 g/mol. The molecule has 1 aromatic carbocycles. The van der Waals surface area contributed by atoms with Crippen molar-refractivity contribution in [3.05, 3.63) is 29.8 Å². The maximum absolute atomic E-state index is 11.9. The smallest absolute Gasteiger partial charge is 0.241 e. The predicted molar refractivity (Wildman–Crippen MR) is 93.1 cm³/mol. The number of thioether (sulfide) groups is 1. The van der Waals surface area contributed by atoms with Crippen molar-refractivity contribution in [1.29, 1.82) is 0 Å². The summed E-state index contributed by atoms with van der Waals surface area (Å²) in [5, 5.41) is 2.86. The van der Waals surface area contributed by atoms with Gasteiger partial charge in [-0.1, -0.05) is 25.0 Å². The van der Waals surface area contributed by atoms with Crippen LogP contribution in [0.5, 0.6) is 0 Å². The van der Waals surface area contributed by atoms with Crippen LogP contribution in [0.1, 0.15) is 37.7 Å². The van der Waals surface area contributed by atoms with Crippen LogP contribution in [0.15, 0.2) is 24.3 Å². The van der Waals surface area contributed by atoms with Gasteiger partial charge in [-0.2, -0.15) is 11.8 Å². The third-order valence-electron chi connectivity index (χ3n) is 3.98. The molecular formula is C17H26N2O2S. The van der Waals surface area contributed by atoms with E-state index in [0.29, 0.717) is 19.1 Å². The van der Waals surface area contributed by atoms with Gasteiger partial charge in [-0.15, -0.1) is 0 Å². The molecule has 1 aliphatic rings. The van der Waals surface area contributed by atoms with E-state index < -0.39 is 6.04 Å². The number of hydrogen-bond donors (Lipinski definition) is 2. The van der Waals surface area contributed by atoms with E-state index in [0.717, 1.165) is 17.0 Å². The number of amides is 1. The number of ether oxygens (including phenoxy) is 1. The van der Waals surface area contributed by atoms with Crippen LogP contribution < -0.4 is 11.1 Å². The fraction of sp³-hybridized carbons (Fsp3) is 0.588. The molecule has 1 fully saturated rings. The number of anilines is 1. The van der Waals surface area contributed by atoms with Gasteiger partial charge in [0.2, 0.25) is 5.91 Å². The standard InChI is InChI=1S/C17H26N2O2S/c1-22-11-10-16(18)17(20)19-14-8-6-13(7-9-14)12-21-15-4-2-3-5-15/h6-9,15-16H,2-5,10-12,18H2,1H3,(H,19,20)/t16-/m0/s1. The Labute approximate surface area is 137 Å². The molecule has 0 radical (unpaired) electrons. The molecule has 5 heteroatoms. The highest BCUT2D eigenvalue weighted by molar-refractivity contribution is 7.98. The predicted octanol–water partition coefficient (Wildman–Crippen LogP) is 3.16. The molecule has 1 saturated carbocycles. The summed E-state index contributed by atoms with van der Waals surface area (Å²) in [6, 6.07) is 7.37. The van der Waals surface area contributed by atoms with Crippen LogP contribution in [0.3, 0.4) is 0 Å². The second-order valence-electron chi connectivity index (χ2n) is 5.79. The summed E-state index contributed by atoms with van der Waals surface area (Å²) < 4.78 is 5.88. The normalized spacial score (nSPS) is 16.6. The van der Waals surface area contributed by atoms with Gasteiger partial charge in [0.1, 0.15) is 0 Å². The summed E-state index contributed by atoms with van der Waals surface area (Å²) in [5.74, 6) is 0.774. The maximum atomic E-state index is 11.9. The fourth-order valence-corrected chi connectivity index (χ4v) is 3.05. The summed E-state index contributed by atoms with van der Waals surface area (Å²) in [7, 11) is 0. The van der Waals surface area contributed by atoms with E-state index in [1.807, 2.05) is 30.5 Å². The molecule has 0 aliphatic heterocycles. The van der Waals surface area contributed by atoms with E-state index in [1.165, 1.54) is 25.7 Å². The number of nitrogens with one attached hydrogen (secondary N) is 1. The van der Waals surface area contributed by atoms with Gasteiger partial charge < -0.3 is 15.8 Å². The lowest BCUT2D eigenvalue weighted by Crippen LogP contribution is -2.36. The van der Waals surface area contributed by atoms with Gasteiger partial charge >= 0.3 is 0 Å². The Kier molecular flexibility index (Phi) is 7.22. The lowest BCUT2D eigenvalue weighted by atomic mass is 10.2. The number of hydrogen-bond acceptors (Lipinski definition) is 4. The van der Waals surface area contributed by atoms with Gasteiger partial charge in [-0.3, -0.25) is 4.79 Å². The molecule has 22 heavy (non-hydrogen) atoms. The molecule has 0 bridgehead atoms. The highest BCUT2D eigenvalue weighted by Gasteiger charge is 2.15. The second kappa shape index (κ2) is 9.18. The first kappa shape index (κ1) is 17.3. The van der Waals surface area contributed by atoms with Crippen molar-refractivity contribution >= 4 is 23.4 Å². The number of nitrogens with two attached hydrogens (primary N) is 1. The zero-order valence-electron chi connectivity index (χ0n) is 13.2. The van der Waals surface area contributed by atoms with Gasteiger partial charge in [0.25, 0.3) is 0 Å². The van der Waals surface area contributed by atoms with Gasteiger partial charge in [-0.05, 0) is 49.0 Å². The van der Waals surface area contributed by atoms with Crippen molar-refractivity contribution in [3.63, 3.8) is 0 Å².